The highest BCUT2D eigenvalue weighted by molar-refractivity contribution is 5.33. The van der Waals surface area contributed by atoms with Gasteiger partial charge in [0, 0.05) is 11.5 Å². The van der Waals surface area contributed by atoms with Crippen molar-refractivity contribution in [2.24, 2.45) is 0 Å². The molecule has 0 heterocycles. The maximum atomic E-state index is 3.48. The Kier molecular flexibility index (Phi) is 4.06. The molecule has 2 aromatic rings. The number of benzene rings is 2. The molecule has 19 heavy (non-hydrogen) atoms. The topological polar surface area (TPSA) is 12.0 Å². The molecule has 0 spiro atoms. The van der Waals surface area contributed by atoms with Crippen molar-refractivity contribution in [1.29, 1.82) is 0 Å². The summed E-state index contributed by atoms with van der Waals surface area (Å²) in [6.45, 7) is 6.74. The molecule has 0 aliphatic carbocycles. The largest absolute Gasteiger partial charge is 0.312 e. The number of likely N-dealkylation sites (N-methyl/N-ethyl adjacent to an activating group) is 1. The first-order valence-electron chi connectivity index (χ1n) is 6.85. The molecule has 0 aliphatic heterocycles. The monoisotopic (exact) mass is 253 g/mol. The van der Waals surface area contributed by atoms with Gasteiger partial charge in [0.2, 0.25) is 0 Å². The lowest BCUT2D eigenvalue weighted by atomic mass is 9.75. The highest BCUT2D eigenvalue weighted by Crippen LogP contribution is 2.36. The maximum Gasteiger partial charge on any atom is 0.0410 e. The van der Waals surface area contributed by atoms with Crippen LogP contribution in [0.1, 0.15) is 36.6 Å². The molecular weight excluding hydrogens is 230 g/mol. The molecule has 0 fully saturated rings. The smallest absolute Gasteiger partial charge is 0.0410 e. The molecule has 100 valence electrons. The van der Waals surface area contributed by atoms with Crippen molar-refractivity contribution in [3.63, 3.8) is 0 Å². The van der Waals surface area contributed by atoms with Crippen molar-refractivity contribution in [3.05, 3.63) is 71.3 Å². The highest BCUT2D eigenvalue weighted by Gasteiger charge is 2.31. The molecule has 0 bridgehead atoms. The third kappa shape index (κ3) is 2.87. The van der Waals surface area contributed by atoms with Crippen molar-refractivity contribution >= 4 is 0 Å². The first-order chi connectivity index (χ1) is 9.05. The fraction of sp³-hybridized carbons (Fsp3) is 0.333. The van der Waals surface area contributed by atoms with E-state index in [9.17, 15) is 0 Å². The van der Waals surface area contributed by atoms with E-state index in [1.165, 1.54) is 16.7 Å². The van der Waals surface area contributed by atoms with Crippen LogP contribution in [0.15, 0.2) is 54.6 Å². The van der Waals surface area contributed by atoms with Crippen LogP contribution >= 0.6 is 0 Å². The number of aryl methyl sites for hydroxylation is 1. The van der Waals surface area contributed by atoms with Gasteiger partial charge in [-0.1, -0.05) is 74.0 Å². The lowest BCUT2D eigenvalue weighted by molar-refractivity contribution is 0.368. The molecule has 1 heteroatoms. The Bertz CT molecular complexity index is 528. The Morgan fingerprint density at radius 1 is 0.947 bits per heavy atom. The van der Waals surface area contributed by atoms with Gasteiger partial charge in [-0.2, -0.15) is 0 Å². The molecule has 0 radical (unpaired) electrons. The van der Waals surface area contributed by atoms with Crippen LogP contribution in [0.2, 0.25) is 0 Å². The van der Waals surface area contributed by atoms with Gasteiger partial charge in [-0.05, 0) is 25.1 Å². The van der Waals surface area contributed by atoms with Gasteiger partial charge < -0.3 is 5.32 Å². The van der Waals surface area contributed by atoms with E-state index in [0.29, 0.717) is 6.04 Å². The van der Waals surface area contributed by atoms with E-state index in [-0.39, 0.29) is 5.41 Å². The molecule has 1 N–H and O–H groups in total. The summed E-state index contributed by atoms with van der Waals surface area (Å²) in [4.78, 5) is 0. The maximum absolute atomic E-state index is 3.48. The van der Waals surface area contributed by atoms with Crippen LogP contribution in [-0.4, -0.2) is 7.05 Å². The summed E-state index contributed by atoms with van der Waals surface area (Å²) in [5.41, 5.74) is 4.05. The predicted molar refractivity (Wildman–Crippen MR) is 82.4 cm³/mol. The summed E-state index contributed by atoms with van der Waals surface area (Å²) in [5.74, 6) is 0. The Morgan fingerprint density at radius 3 is 2.21 bits per heavy atom. The zero-order valence-electron chi connectivity index (χ0n) is 12.3. The highest BCUT2D eigenvalue weighted by atomic mass is 14.9. The van der Waals surface area contributed by atoms with Crippen LogP contribution in [0, 0.1) is 6.92 Å². The van der Waals surface area contributed by atoms with E-state index in [1.54, 1.807) is 0 Å². The van der Waals surface area contributed by atoms with Gasteiger partial charge in [-0.25, -0.2) is 0 Å². The molecule has 0 saturated heterocycles. The van der Waals surface area contributed by atoms with E-state index < -0.39 is 0 Å². The Labute approximate surface area is 116 Å². The Morgan fingerprint density at radius 2 is 1.63 bits per heavy atom. The summed E-state index contributed by atoms with van der Waals surface area (Å²) >= 11 is 0. The lowest BCUT2D eigenvalue weighted by Crippen LogP contribution is -2.35. The zero-order valence-corrected chi connectivity index (χ0v) is 12.3. The summed E-state index contributed by atoms with van der Waals surface area (Å²) in [6, 6.07) is 19.8. The van der Waals surface area contributed by atoms with E-state index >= 15 is 0 Å². The third-order valence-electron chi connectivity index (χ3n) is 3.90. The minimum atomic E-state index is 0.0454. The Balaban J connectivity index is 2.41. The molecule has 1 nitrogen and oxygen atoms in total. The quantitative estimate of drug-likeness (QED) is 0.859. The zero-order chi connectivity index (χ0) is 13.9. The molecule has 1 unspecified atom stereocenters. The van der Waals surface area contributed by atoms with Crippen LogP contribution < -0.4 is 5.32 Å². The van der Waals surface area contributed by atoms with Gasteiger partial charge in [0.25, 0.3) is 0 Å². The van der Waals surface area contributed by atoms with Crippen LogP contribution in [0.4, 0.5) is 0 Å². The Hall–Kier alpha value is -1.60. The molecule has 0 aliphatic rings. The van der Waals surface area contributed by atoms with Crippen LogP contribution in [0.3, 0.4) is 0 Å². The van der Waals surface area contributed by atoms with Crippen LogP contribution in [-0.2, 0) is 5.41 Å². The minimum absolute atomic E-state index is 0.0454. The fourth-order valence-corrected chi connectivity index (χ4v) is 2.83. The third-order valence-corrected chi connectivity index (χ3v) is 3.90. The minimum Gasteiger partial charge on any atom is -0.312 e. The van der Waals surface area contributed by atoms with Crippen molar-refractivity contribution in [1.82, 2.24) is 5.32 Å². The average molecular weight is 253 g/mol. The predicted octanol–water partition coefficient (Wildman–Crippen LogP) is 4.23. The van der Waals surface area contributed by atoms with E-state index in [0.717, 1.165) is 0 Å². The van der Waals surface area contributed by atoms with Crippen molar-refractivity contribution in [2.75, 3.05) is 7.05 Å². The molecule has 0 saturated carbocycles. The molecular formula is C18H23N. The first-order valence-corrected chi connectivity index (χ1v) is 6.85. The van der Waals surface area contributed by atoms with Crippen LogP contribution in [0.25, 0.3) is 0 Å². The van der Waals surface area contributed by atoms with Crippen molar-refractivity contribution in [3.8, 4) is 0 Å². The van der Waals surface area contributed by atoms with Gasteiger partial charge in [-0.15, -0.1) is 0 Å². The van der Waals surface area contributed by atoms with E-state index in [1.807, 2.05) is 7.05 Å². The number of rotatable bonds is 4. The van der Waals surface area contributed by atoms with E-state index in [2.05, 4.69) is 80.7 Å². The van der Waals surface area contributed by atoms with Gasteiger partial charge in [-0.3, -0.25) is 0 Å². The molecule has 1 atom stereocenters. The number of hydrogen-bond donors (Lipinski definition) is 1. The van der Waals surface area contributed by atoms with Crippen LogP contribution in [0.5, 0.6) is 0 Å². The number of nitrogens with one attached hydrogen (secondary N) is 1. The van der Waals surface area contributed by atoms with Crippen molar-refractivity contribution in [2.45, 2.75) is 32.2 Å². The normalized spacial score (nSPS) is 13.3. The van der Waals surface area contributed by atoms with Gasteiger partial charge in [0.05, 0.1) is 0 Å². The van der Waals surface area contributed by atoms with E-state index in [4.69, 9.17) is 0 Å². The summed E-state index contributed by atoms with van der Waals surface area (Å²) in [6.07, 6.45) is 0. The molecule has 0 amide bonds. The van der Waals surface area contributed by atoms with Gasteiger partial charge in [0.1, 0.15) is 0 Å². The second-order valence-electron chi connectivity index (χ2n) is 5.72. The molecule has 2 rings (SSSR count). The summed E-state index contributed by atoms with van der Waals surface area (Å²) in [5, 5.41) is 3.48. The fourth-order valence-electron chi connectivity index (χ4n) is 2.83. The molecule has 2 aromatic carbocycles. The van der Waals surface area contributed by atoms with Crippen molar-refractivity contribution < 1.29 is 0 Å². The summed E-state index contributed by atoms with van der Waals surface area (Å²) in [7, 11) is 2.04. The lowest BCUT2D eigenvalue weighted by Gasteiger charge is -2.35. The van der Waals surface area contributed by atoms with Gasteiger partial charge >= 0.3 is 0 Å². The van der Waals surface area contributed by atoms with Gasteiger partial charge in [0.15, 0.2) is 0 Å². The second kappa shape index (κ2) is 5.58. The number of hydrogen-bond acceptors (Lipinski definition) is 1. The second-order valence-corrected chi connectivity index (χ2v) is 5.72. The summed E-state index contributed by atoms with van der Waals surface area (Å²) < 4.78 is 0. The SMILES string of the molecule is CNC(c1cccc(C)c1)C(C)(C)c1ccccc1. The standard InChI is InChI=1S/C18H23N/c1-14-9-8-10-15(13-14)17(19-4)18(2,3)16-11-6-5-7-12-16/h5-13,17,19H,1-4H3. The molecule has 0 aromatic heterocycles. The average Bonchev–Trinajstić information content (AvgIpc) is 2.40. The first kappa shape index (κ1) is 13.8.